The fourth-order valence-electron chi connectivity index (χ4n) is 2.98. The minimum atomic E-state index is -5.08. The number of alkyl halides is 3. The lowest BCUT2D eigenvalue weighted by atomic mass is 9.88. The molecule has 0 aliphatic rings. The summed E-state index contributed by atoms with van der Waals surface area (Å²) in [5, 5.41) is 11.5. The minimum Gasteiger partial charge on any atom is -0.475 e. The first-order valence-electron chi connectivity index (χ1n) is 8.94. The molecule has 0 unspecified atom stereocenters. The molecule has 4 rings (SSSR count). The van der Waals surface area contributed by atoms with E-state index in [0.29, 0.717) is 0 Å². The van der Waals surface area contributed by atoms with Gasteiger partial charge in [0.15, 0.2) is 0 Å². The molecule has 0 radical (unpaired) electrons. The van der Waals surface area contributed by atoms with Crippen molar-refractivity contribution >= 4 is 30.8 Å². The molecule has 0 aliphatic heterocycles. The van der Waals surface area contributed by atoms with Crippen LogP contribution >= 0.6 is 24.8 Å². The zero-order valence-electron chi connectivity index (χ0n) is 16.1. The molecule has 2 nitrogen and oxygen atoms in total. The third-order valence-electron chi connectivity index (χ3n) is 4.29. The molecule has 0 saturated carbocycles. The lowest BCUT2D eigenvalue weighted by Gasteiger charge is -2.15. The number of carboxylic acids is 1. The Bertz CT molecular complexity index is 1090. The van der Waals surface area contributed by atoms with Crippen molar-refractivity contribution < 1.29 is 23.1 Å². The predicted octanol–water partition coefficient (Wildman–Crippen LogP) is 7.50. The molecule has 160 valence electrons. The largest absolute Gasteiger partial charge is 0.490 e. The summed E-state index contributed by atoms with van der Waals surface area (Å²) in [6.07, 6.45) is -5.08. The molecule has 0 spiro atoms. The number of benzene rings is 3. The number of thiophene rings is 1. The topological polar surface area (TPSA) is 37.3 Å². The van der Waals surface area contributed by atoms with Crippen LogP contribution in [0.1, 0.15) is 0 Å². The van der Waals surface area contributed by atoms with Crippen molar-refractivity contribution in [1.82, 2.24) is 0 Å². The number of carboxylic acid groups (broad SMARTS) is 1. The molecule has 0 aliphatic carbocycles. The highest BCUT2D eigenvalue weighted by atomic mass is 32.1. The van der Waals surface area contributed by atoms with Crippen molar-refractivity contribution in [1.29, 1.82) is 0 Å². The van der Waals surface area contributed by atoms with Crippen LogP contribution in [-0.4, -0.2) is 17.3 Å². The van der Waals surface area contributed by atoms with Crippen LogP contribution in [0.15, 0.2) is 95.7 Å². The van der Waals surface area contributed by atoms with Crippen LogP contribution in [0.25, 0.3) is 33.4 Å². The van der Waals surface area contributed by atoms with Gasteiger partial charge in [0.2, 0.25) is 0 Å². The van der Waals surface area contributed by atoms with Gasteiger partial charge in [0.05, 0.1) is 0 Å². The van der Waals surface area contributed by atoms with Crippen molar-refractivity contribution in [2.75, 3.05) is 0 Å². The Morgan fingerprint density at radius 1 is 0.710 bits per heavy atom. The molecule has 0 amide bonds. The third kappa shape index (κ3) is 6.23. The van der Waals surface area contributed by atoms with Crippen LogP contribution in [0.2, 0.25) is 0 Å². The van der Waals surface area contributed by atoms with Crippen LogP contribution < -0.4 is 0 Å². The first kappa shape index (κ1) is 24.2. The maximum absolute atomic E-state index is 10.6. The third-order valence-corrected chi connectivity index (χ3v) is 4.97. The van der Waals surface area contributed by atoms with Crippen LogP contribution in [0, 0.1) is 0 Å². The first-order chi connectivity index (χ1) is 14.4. The Morgan fingerprint density at radius 3 is 1.65 bits per heavy atom. The van der Waals surface area contributed by atoms with E-state index >= 15 is 0 Å². The Kier molecular flexibility index (Phi) is 8.47. The van der Waals surface area contributed by atoms with Gasteiger partial charge in [-0.15, -0.1) is 0 Å². The number of hydrogen-bond acceptors (Lipinski definition) is 2. The van der Waals surface area contributed by atoms with Gasteiger partial charge in [-0.3, -0.25) is 0 Å². The van der Waals surface area contributed by atoms with Crippen molar-refractivity contribution in [3.63, 3.8) is 0 Å². The van der Waals surface area contributed by atoms with Gasteiger partial charge in [-0.05, 0) is 50.2 Å². The fraction of sp³-hybridized carbons (Fsp3) is 0.0417. The Hall–Kier alpha value is -3.03. The van der Waals surface area contributed by atoms with Gasteiger partial charge in [0.25, 0.3) is 0 Å². The summed E-state index contributed by atoms with van der Waals surface area (Å²) in [4.78, 5) is 8.90. The standard InChI is InChI=1S/C22H16S.C2HF3O2.H2S/c1-3-8-17(9-4-1)20-12-7-13-21(19-14-15-23-16-19)22(20)18-10-5-2-6-11-18;3-2(4,5)1(6)7;/h1-16H;(H,6,7);1H2. The lowest BCUT2D eigenvalue weighted by molar-refractivity contribution is -0.192. The fourth-order valence-corrected chi connectivity index (χ4v) is 3.64. The molecule has 0 bridgehead atoms. The summed E-state index contributed by atoms with van der Waals surface area (Å²) >= 11 is 1.74. The SMILES string of the molecule is O=C(O)C(F)(F)F.S.c1ccc(-c2cccc(-c3ccsc3)c2-c2ccccc2)cc1. The van der Waals surface area contributed by atoms with Crippen molar-refractivity contribution in [3.05, 3.63) is 95.7 Å². The lowest BCUT2D eigenvalue weighted by Crippen LogP contribution is -2.21. The number of halogens is 3. The second-order valence-corrected chi connectivity index (χ2v) is 7.06. The second-order valence-electron chi connectivity index (χ2n) is 6.28. The smallest absolute Gasteiger partial charge is 0.475 e. The van der Waals surface area contributed by atoms with Gasteiger partial charge in [-0.25, -0.2) is 4.79 Å². The average molecular weight is 461 g/mol. The maximum atomic E-state index is 10.6. The van der Waals surface area contributed by atoms with Gasteiger partial charge in [-0.2, -0.15) is 38.0 Å². The Morgan fingerprint density at radius 2 is 1.19 bits per heavy atom. The van der Waals surface area contributed by atoms with E-state index in [1.807, 2.05) is 0 Å². The molecule has 1 aromatic heterocycles. The second kappa shape index (κ2) is 10.8. The van der Waals surface area contributed by atoms with Crippen molar-refractivity contribution in [2.24, 2.45) is 0 Å². The van der Waals surface area contributed by atoms with E-state index in [2.05, 4.69) is 95.7 Å². The molecule has 7 heteroatoms. The summed E-state index contributed by atoms with van der Waals surface area (Å²) in [6, 6.07) is 30.1. The van der Waals surface area contributed by atoms with Gasteiger partial charge in [0.1, 0.15) is 0 Å². The molecular weight excluding hydrogens is 441 g/mol. The van der Waals surface area contributed by atoms with E-state index in [1.165, 1.54) is 33.4 Å². The average Bonchev–Trinajstić information content (AvgIpc) is 3.29. The number of rotatable bonds is 3. The predicted molar refractivity (Wildman–Crippen MR) is 125 cm³/mol. The molecule has 0 atom stereocenters. The van der Waals surface area contributed by atoms with E-state index in [9.17, 15) is 13.2 Å². The van der Waals surface area contributed by atoms with Gasteiger partial charge < -0.3 is 5.11 Å². The summed E-state index contributed by atoms with van der Waals surface area (Å²) in [5.41, 5.74) is 7.67. The number of carbonyl (C=O) groups is 1. The van der Waals surface area contributed by atoms with E-state index in [4.69, 9.17) is 9.90 Å². The first-order valence-corrected chi connectivity index (χ1v) is 9.88. The molecule has 4 aromatic rings. The van der Waals surface area contributed by atoms with Crippen molar-refractivity contribution in [2.45, 2.75) is 6.18 Å². The van der Waals surface area contributed by atoms with Crippen molar-refractivity contribution in [3.8, 4) is 33.4 Å². The Balaban J connectivity index is 0.000000373. The zero-order valence-corrected chi connectivity index (χ0v) is 18.0. The summed E-state index contributed by atoms with van der Waals surface area (Å²) in [6.45, 7) is 0. The van der Waals surface area contributed by atoms with Crippen LogP contribution in [0.3, 0.4) is 0 Å². The highest BCUT2D eigenvalue weighted by molar-refractivity contribution is 7.59. The van der Waals surface area contributed by atoms with Crippen LogP contribution in [0.5, 0.6) is 0 Å². The van der Waals surface area contributed by atoms with E-state index in [-0.39, 0.29) is 13.5 Å². The van der Waals surface area contributed by atoms with E-state index in [0.717, 1.165) is 0 Å². The monoisotopic (exact) mass is 460 g/mol. The quantitative estimate of drug-likeness (QED) is 0.344. The van der Waals surface area contributed by atoms with Gasteiger partial charge >= 0.3 is 12.1 Å². The van der Waals surface area contributed by atoms with Crippen LogP contribution in [-0.2, 0) is 4.79 Å². The summed E-state index contributed by atoms with van der Waals surface area (Å²) < 4.78 is 31.7. The minimum absolute atomic E-state index is 0. The Labute approximate surface area is 189 Å². The van der Waals surface area contributed by atoms with Crippen LogP contribution in [0.4, 0.5) is 13.2 Å². The molecular formula is C24H19F3O2S2. The normalized spacial score (nSPS) is 10.4. The molecule has 3 aromatic carbocycles. The molecule has 0 fully saturated rings. The highest BCUT2D eigenvalue weighted by Gasteiger charge is 2.38. The summed E-state index contributed by atoms with van der Waals surface area (Å²) in [7, 11) is 0. The molecule has 0 saturated heterocycles. The van der Waals surface area contributed by atoms with Gasteiger partial charge in [0, 0.05) is 0 Å². The van der Waals surface area contributed by atoms with E-state index < -0.39 is 12.1 Å². The number of aliphatic carboxylic acids is 1. The maximum Gasteiger partial charge on any atom is 0.490 e. The summed E-state index contributed by atoms with van der Waals surface area (Å²) in [5.74, 6) is -2.76. The van der Waals surface area contributed by atoms with Gasteiger partial charge in [-0.1, -0.05) is 78.9 Å². The zero-order chi connectivity index (χ0) is 21.6. The number of hydrogen-bond donors (Lipinski definition) is 1. The molecule has 1 N–H and O–H groups in total. The van der Waals surface area contributed by atoms with E-state index in [1.54, 1.807) is 11.3 Å². The highest BCUT2D eigenvalue weighted by Crippen LogP contribution is 2.40. The molecule has 31 heavy (non-hydrogen) atoms. The molecule has 1 heterocycles.